The van der Waals surface area contributed by atoms with E-state index in [1.165, 1.54) is 0 Å². The molecule has 0 aliphatic carbocycles. The summed E-state index contributed by atoms with van der Waals surface area (Å²) in [4.78, 5) is 12.3. The highest BCUT2D eigenvalue weighted by molar-refractivity contribution is 9.10. The van der Waals surface area contributed by atoms with Crippen LogP contribution in [-0.2, 0) is 4.74 Å². The van der Waals surface area contributed by atoms with Crippen LogP contribution in [0.1, 0.15) is 17.3 Å². The topological polar surface area (TPSA) is 56.8 Å². The summed E-state index contributed by atoms with van der Waals surface area (Å²) in [5.74, 6) is 1.16. The van der Waals surface area contributed by atoms with Gasteiger partial charge in [-0.25, -0.2) is 0 Å². The summed E-state index contributed by atoms with van der Waals surface area (Å²) < 4.78 is 16.7. The Kier molecular flexibility index (Phi) is 7.08. The van der Waals surface area contributed by atoms with Gasteiger partial charge in [-0.15, -0.1) is 0 Å². The highest BCUT2D eigenvalue weighted by Crippen LogP contribution is 2.26. The highest BCUT2D eigenvalue weighted by Gasteiger charge is 2.09. The molecule has 0 unspecified atom stereocenters. The molecule has 2 rings (SSSR count). The van der Waals surface area contributed by atoms with Gasteiger partial charge in [0.1, 0.15) is 18.1 Å². The van der Waals surface area contributed by atoms with Crippen LogP contribution in [0.25, 0.3) is 0 Å². The van der Waals surface area contributed by atoms with E-state index in [0.717, 1.165) is 4.47 Å². The third-order valence-corrected chi connectivity index (χ3v) is 3.83. The number of benzene rings is 2. The zero-order valence-corrected chi connectivity index (χ0v) is 15.3. The Hall–Kier alpha value is -2.05. The van der Waals surface area contributed by atoms with Crippen LogP contribution in [0.15, 0.2) is 46.9 Å². The Morgan fingerprint density at radius 3 is 2.71 bits per heavy atom. The first-order valence-corrected chi connectivity index (χ1v) is 8.39. The second-order valence-electron chi connectivity index (χ2n) is 4.88. The molecule has 0 aliphatic rings. The Morgan fingerprint density at radius 1 is 1.17 bits per heavy atom. The summed E-state index contributed by atoms with van der Waals surface area (Å²) in [6, 6.07) is 12.4. The number of nitrogens with one attached hydrogen (secondary N) is 1. The molecule has 0 radical (unpaired) electrons. The molecular formula is C18H20BrNO4. The van der Waals surface area contributed by atoms with Crippen molar-refractivity contribution in [2.45, 2.75) is 6.92 Å². The van der Waals surface area contributed by atoms with E-state index in [1.54, 1.807) is 31.4 Å². The fourth-order valence-corrected chi connectivity index (χ4v) is 2.58. The monoisotopic (exact) mass is 393 g/mol. The van der Waals surface area contributed by atoms with Crippen LogP contribution in [0.5, 0.6) is 11.5 Å². The second kappa shape index (κ2) is 9.30. The molecule has 2 aromatic rings. The Morgan fingerprint density at radius 2 is 2.00 bits per heavy atom. The molecule has 0 spiro atoms. The van der Waals surface area contributed by atoms with Gasteiger partial charge in [-0.3, -0.25) is 4.79 Å². The number of carbonyl (C=O) groups is 1. The predicted octanol–water partition coefficient (Wildman–Crippen LogP) is 4.13. The van der Waals surface area contributed by atoms with E-state index in [9.17, 15) is 4.79 Å². The first-order chi connectivity index (χ1) is 11.6. The van der Waals surface area contributed by atoms with Gasteiger partial charge in [-0.2, -0.15) is 0 Å². The van der Waals surface area contributed by atoms with E-state index < -0.39 is 0 Å². The summed E-state index contributed by atoms with van der Waals surface area (Å²) in [6.07, 6.45) is 0. The van der Waals surface area contributed by atoms with Gasteiger partial charge >= 0.3 is 0 Å². The van der Waals surface area contributed by atoms with Gasteiger partial charge in [0, 0.05) is 23.9 Å². The summed E-state index contributed by atoms with van der Waals surface area (Å²) in [6.45, 7) is 3.61. The Labute approximate surface area is 150 Å². The quantitative estimate of drug-likeness (QED) is 0.685. The Bertz CT molecular complexity index is 690. The molecule has 0 bridgehead atoms. The SMILES string of the molecule is CCOCCOc1cccc(NC(=O)c2ccc(OC)c(Br)c2)c1. The standard InChI is InChI=1S/C18H20BrNO4/c1-3-23-9-10-24-15-6-4-5-14(12-15)20-18(21)13-7-8-17(22-2)16(19)11-13/h4-8,11-12H,3,9-10H2,1-2H3,(H,20,21). The van der Waals surface area contributed by atoms with Gasteiger partial charge in [0.15, 0.2) is 0 Å². The maximum Gasteiger partial charge on any atom is 0.255 e. The van der Waals surface area contributed by atoms with E-state index in [2.05, 4.69) is 21.2 Å². The van der Waals surface area contributed by atoms with Crippen molar-refractivity contribution in [2.75, 3.05) is 32.2 Å². The number of ether oxygens (including phenoxy) is 3. The molecule has 0 heterocycles. The van der Waals surface area contributed by atoms with E-state index in [1.807, 2.05) is 25.1 Å². The van der Waals surface area contributed by atoms with Crippen molar-refractivity contribution in [3.05, 3.63) is 52.5 Å². The van der Waals surface area contributed by atoms with Crippen molar-refractivity contribution in [3.8, 4) is 11.5 Å². The molecule has 0 fully saturated rings. The first-order valence-electron chi connectivity index (χ1n) is 7.59. The highest BCUT2D eigenvalue weighted by atomic mass is 79.9. The summed E-state index contributed by atoms with van der Waals surface area (Å²) in [5.41, 5.74) is 1.20. The minimum Gasteiger partial charge on any atom is -0.496 e. The normalized spacial score (nSPS) is 10.3. The summed E-state index contributed by atoms with van der Waals surface area (Å²) in [5, 5.41) is 2.85. The first kappa shape index (κ1) is 18.3. The minimum atomic E-state index is -0.204. The molecule has 0 saturated carbocycles. The van der Waals surface area contributed by atoms with Crippen LogP contribution in [-0.4, -0.2) is 32.8 Å². The zero-order chi connectivity index (χ0) is 17.4. The van der Waals surface area contributed by atoms with Crippen LogP contribution < -0.4 is 14.8 Å². The summed E-state index contributed by atoms with van der Waals surface area (Å²) in [7, 11) is 1.58. The molecule has 1 amide bonds. The van der Waals surface area contributed by atoms with Crippen molar-refractivity contribution in [1.82, 2.24) is 0 Å². The lowest BCUT2D eigenvalue weighted by Gasteiger charge is -2.10. The number of carbonyl (C=O) groups excluding carboxylic acids is 1. The smallest absolute Gasteiger partial charge is 0.255 e. The molecule has 5 nitrogen and oxygen atoms in total. The van der Waals surface area contributed by atoms with Crippen LogP contribution in [0, 0.1) is 0 Å². The van der Waals surface area contributed by atoms with Crippen molar-refractivity contribution < 1.29 is 19.0 Å². The number of amides is 1. The van der Waals surface area contributed by atoms with Crippen molar-refractivity contribution >= 4 is 27.5 Å². The van der Waals surface area contributed by atoms with Crippen molar-refractivity contribution in [3.63, 3.8) is 0 Å². The number of anilines is 1. The van der Waals surface area contributed by atoms with Crippen LogP contribution in [0.3, 0.4) is 0 Å². The molecule has 0 atom stereocenters. The number of methoxy groups -OCH3 is 1. The van der Waals surface area contributed by atoms with Crippen LogP contribution in [0.4, 0.5) is 5.69 Å². The number of hydrogen-bond donors (Lipinski definition) is 1. The fraction of sp³-hybridized carbons (Fsp3) is 0.278. The molecule has 2 aromatic carbocycles. The minimum absolute atomic E-state index is 0.204. The molecule has 1 N–H and O–H groups in total. The molecular weight excluding hydrogens is 374 g/mol. The molecule has 128 valence electrons. The maximum absolute atomic E-state index is 12.3. The van der Waals surface area contributed by atoms with Gasteiger partial charge in [-0.1, -0.05) is 6.07 Å². The Balaban J connectivity index is 1.99. The van der Waals surface area contributed by atoms with Crippen molar-refractivity contribution in [2.24, 2.45) is 0 Å². The molecule has 24 heavy (non-hydrogen) atoms. The number of rotatable bonds is 8. The largest absolute Gasteiger partial charge is 0.496 e. The average molecular weight is 394 g/mol. The van der Waals surface area contributed by atoms with Crippen molar-refractivity contribution in [1.29, 1.82) is 0 Å². The predicted molar refractivity (Wildman–Crippen MR) is 97.1 cm³/mol. The summed E-state index contributed by atoms with van der Waals surface area (Å²) >= 11 is 3.38. The van der Waals surface area contributed by atoms with Gasteiger partial charge in [-0.05, 0) is 53.2 Å². The average Bonchev–Trinajstić information content (AvgIpc) is 2.59. The maximum atomic E-state index is 12.3. The van der Waals surface area contributed by atoms with Crippen LogP contribution >= 0.6 is 15.9 Å². The molecule has 0 saturated heterocycles. The third-order valence-electron chi connectivity index (χ3n) is 3.21. The lowest BCUT2D eigenvalue weighted by atomic mass is 10.2. The van der Waals surface area contributed by atoms with Crippen LogP contribution in [0.2, 0.25) is 0 Å². The van der Waals surface area contributed by atoms with E-state index in [4.69, 9.17) is 14.2 Å². The second-order valence-corrected chi connectivity index (χ2v) is 5.73. The van der Waals surface area contributed by atoms with Gasteiger partial charge in [0.25, 0.3) is 5.91 Å². The van der Waals surface area contributed by atoms with Gasteiger partial charge in [0.05, 0.1) is 18.2 Å². The van der Waals surface area contributed by atoms with Gasteiger partial charge in [0.2, 0.25) is 0 Å². The number of hydrogen-bond acceptors (Lipinski definition) is 4. The lowest BCUT2D eigenvalue weighted by Crippen LogP contribution is -2.12. The third kappa shape index (κ3) is 5.25. The molecule has 0 aliphatic heterocycles. The number of halogens is 1. The van der Waals surface area contributed by atoms with E-state index >= 15 is 0 Å². The van der Waals surface area contributed by atoms with E-state index in [0.29, 0.717) is 42.6 Å². The van der Waals surface area contributed by atoms with Gasteiger partial charge < -0.3 is 19.5 Å². The van der Waals surface area contributed by atoms with E-state index in [-0.39, 0.29) is 5.91 Å². The molecule has 6 heteroatoms. The fourth-order valence-electron chi connectivity index (χ4n) is 2.04. The zero-order valence-electron chi connectivity index (χ0n) is 13.7. The lowest BCUT2D eigenvalue weighted by molar-refractivity contribution is 0.102. The molecule has 0 aromatic heterocycles.